The molecule has 0 radical (unpaired) electrons. The van der Waals surface area contributed by atoms with Gasteiger partial charge in [0.2, 0.25) is 5.91 Å². The van der Waals surface area contributed by atoms with Crippen LogP contribution in [0.25, 0.3) is 0 Å². The van der Waals surface area contributed by atoms with E-state index in [1.165, 1.54) is 5.57 Å². The first-order chi connectivity index (χ1) is 17.8. The zero-order valence-corrected chi connectivity index (χ0v) is 22.4. The van der Waals surface area contributed by atoms with Gasteiger partial charge < -0.3 is 25.0 Å². The van der Waals surface area contributed by atoms with Crippen LogP contribution in [0.4, 0.5) is 0 Å². The Kier molecular flexibility index (Phi) is 9.99. The van der Waals surface area contributed by atoms with Gasteiger partial charge in [-0.15, -0.1) is 0 Å². The molecule has 4 rings (SSSR count). The molecule has 1 saturated carbocycles. The third-order valence-electron chi connectivity index (χ3n) is 8.11. The fourth-order valence-electron chi connectivity index (χ4n) is 6.00. The lowest BCUT2D eigenvalue weighted by atomic mass is 9.90. The van der Waals surface area contributed by atoms with Gasteiger partial charge in [-0.3, -0.25) is 4.79 Å². The van der Waals surface area contributed by atoms with Crippen molar-refractivity contribution in [2.45, 2.75) is 102 Å². The normalized spacial score (nSPS) is 39.6. The lowest BCUT2D eigenvalue weighted by molar-refractivity contribution is -0.117. The largest absolute Gasteiger partial charge is 0.392 e. The molecule has 0 aromatic heterocycles. The maximum Gasteiger partial charge on any atom is 0.243 e. The molecule has 0 aromatic carbocycles. The minimum absolute atomic E-state index is 0.0385. The molecule has 37 heavy (non-hydrogen) atoms. The molecule has 6 heteroatoms. The number of carbonyl (C=O) groups excluding carboxylic acids is 1. The molecule has 1 fully saturated rings. The van der Waals surface area contributed by atoms with Gasteiger partial charge in [0.05, 0.1) is 43.2 Å². The quantitative estimate of drug-likeness (QED) is 0.484. The second kappa shape index (κ2) is 13.2. The van der Waals surface area contributed by atoms with Crippen LogP contribution in [0.15, 0.2) is 60.3 Å². The first-order valence-corrected chi connectivity index (χ1v) is 14.0. The molecular formula is C31H45NO5. The van der Waals surface area contributed by atoms with Gasteiger partial charge in [0.1, 0.15) is 0 Å². The lowest BCUT2D eigenvalue weighted by Crippen LogP contribution is -2.42. The minimum Gasteiger partial charge on any atom is -0.392 e. The zero-order chi connectivity index (χ0) is 26.4. The molecule has 2 bridgehead atoms. The number of amides is 1. The van der Waals surface area contributed by atoms with E-state index in [4.69, 9.17) is 9.47 Å². The third-order valence-corrected chi connectivity index (χ3v) is 8.11. The zero-order valence-electron chi connectivity index (χ0n) is 22.4. The summed E-state index contributed by atoms with van der Waals surface area (Å²) in [6.07, 6.45) is 18.5. The van der Waals surface area contributed by atoms with Crippen LogP contribution < -0.4 is 5.32 Å². The summed E-state index contributed by atoms with van der Waals surface area (Å²) in [4.78, 5) is 12.8. The average Bonchev–Trinajstić information content (AvgIpc) is 3.61. The number of hydrogen-bond donors (Lipinski definition) is 3. The number of aliphatic hydroxyl groups is 2. The monoisotopic (exact) mass is 511 g/mol. The number of carbonyl (C=O) groups is 1. The fraction of sp³-hybridized carbons (Fsp3) is 0.645. The van der Waals surface area contributed by atoms with Crippen molar-refractivity contribution in [1.82, 2.24) is 5.32 Å². The number of fused-ring (bicyclic) bond motifs is 3. The van der Waals surface area contributed by atoms with Crippen LogP contribution in [-0.4, -0.2) is 59.3 Å². The summed E-state index contributed by atoms with van der Waals surface area (Å²) < 4.78 is 12.0. The lowest BCUT2D eigenvalue weighted by Gasteiger charge is -2.28. The summed E-state index contributed by atoms with van der Waals surface area (Å²) in [5, 5.41) is 24.9. The molecule has 0 aromatic rings. The minimum atomic E-state index is -0.836. The molecule has 1 amide bonds. The molecule has 0 spiro atoms. The van der Waals surface area contributed by atoms with Crippen molar-refractivity contribution in [2.24, 2.45) is 17.8 Å². The second-order valence-corrected chi connectivity index (χ2v) is 11.7. The summed E-state index contributed by atoms with van der Waals surface area (Å²) in [5.74, 6) is 0.665. The fourth-order valence-corrected chi connectivity index (χ4v) is 6.00. The van der Waals surface area contributed by atoms with E-state index in [1.807, 2.05) is 12.2 Å². The maximum absolute atomic E-state index is 12.8. The molecule has 0 saturated heterocycles. The predicted octanol–water partition coefficient (Wildman–Crippen LogP) is 4.55. The number of rotatable bonds is 3. The van der Waals surface area contributed by atoms with Crippen molar-refractivity contribution in [3.8, 4) is 0 Å². The highest BCUT2D eigenvalue weighted by Gasteiger charge is 2.44. The Morgan fingerprint density at radius 2 is 2.00 bits per heavy atom. The summed E-state index contributed by atoms with van der Waals surface area (Å²) in [6.45, 7) is 9.15. The van der Waals surface area contributed by atoms with E-state index < -0.39 is 18.2 Å². The van der Waals surface area contributed by atoms with Crippen LogP contribution in [0.5, 0.6) is 0 Å². The SMILES string of the molecule is C=C1C[C@H](C)C[C@@H]2CC=C[C@@H](C/C=C\C(=O)N[C@H]([C@@H](O)/C=C/[C@@H]3CC(C)=CCO3)C[C@H]3C[C@H]3[C@@H](O)C1)O2. The van der Waals surface area contributed by atoms with Crippen LogP contribution in [0.1, 0.15) is 65.2 Å². The van der Waals surface area contributed by atoms with Crippen LogP contribution in [0, 0.1) is 17.8 Å². The van der Waals surface area contributed by atoms with Gasteiger partial charge in [-0.25, -0.2) is 0 Å². The first kappa shape index (κ1) is 28.0. The Morgan fingerprint density at radius 1 is 1.16 bits per heavy atom. The van der Waals surface area contributed by atoms with E-state index >= 15 is 0 Å². The van der Waals surface area contributed by atoms with E-state index in [1.54, 1.807) is 12.2 Å². The Balaban J connectivity index is 1.44. The van der Waals surface area contributed by atoms with Gasteiger partial charge in [0.25, 0.3) is 0 Å². The summed E-state index contributed by atoms with van der Waals surface area (Å²) in [5.41, 5.74) is 2.36. The number of ether oxygens (including phenoxy) is 2. The van der Waals surface area contributed by atoms with Crippen LogP contribution in [0.2, 0.25) is 0 Å². The Bertz CT molecular complexity index is 921. The van der Waals surface area contributed by atoms with E-state index in [0.717, 1.165) is 37.7 Å². The van der Waals surface area contributed by atoms with Crippen LogP contribution in [-0.2, 0) is 14.3 Å². The topological polar surface area (TPSA) is 88.0 Å². The summed E-state index contributed by atoms with van der Waals surface area (Å²) in [7, 11) is 0. The number of hydrogen-bond acceptors (Lipinski definition) is 5. The highest BCUT2D eigenvalue weighted by molar-refractivity contribution is 5.87. The molecule has 6 nitrogen and oxygen atoms in total. The standard InChI is InChI=1S/C31H45NO5/c1-20-12-13-36-25(15-20)10-11-29(33)28-19-23-18-27(23)30(34)17-22(3)14-21(2)16-26-8-4-6-24(37-26)7-5-9-31(35)32-28/h4-6,9-12,21,23-30,33-34H,3,7-8,13-19H2,1-2H3,(H,32,35)/b9-5-,11-10+/t21-,23+,24-,25+,26-,27+,28-,29-,30-/m0/s1. The van der Waals surface area contributed by atoms with E-state index in [0.29, 0.717) is 31.8 Å². The van der Waals surface area contributed by atoms with Crippen molar-refractivity contribution in [1.29, 1.82) is 0 Å². The van der Waals surface area contributed by atoms with Crippen molar-refractivity contribution < 1.29 is 24.5 Å². The molecule has 3 N–H and O–H groups in total. The Hall–Kier alpha value is -1.99. The second-order valence-electron chi connectivity index (χ2n) is 11.7. The van der Waals surface area contributed by atoms with Gasteiger partial charge >= 0.3 is 0 Å². The summed E-state index contributed by atoms with van der Waals surface area (Å²) in [6, 6.07) is -0.437. The van der Waals surface area contributed by atoms with Crippen molar-refractivity contribution in [3.05, 3.63) is 60.3 Å². The van der Waals surface area contributed by atoms with Crippen molar-refractivity contribution in [3.63, 3.8) is 0 Å². The van der Waals surface area contributed by atoms with Gasteiger partial charge in [0, 0.05) is 0 Å². The number of aliphatic hydroxyl groups excluding tert-OH is 2. The highest BCUT2D eigenvalue weighted by atomic mass is 16.5. The van der Waals surface area contributed by atoms with E-state index in [2.05, 4.69) is 44.0 Å². The highest BCUT2D eigenvalue weighted by Crippen LogP contribution is 2.46. The van der Waals surface area contributed by atoms with Gasteiger partial charge in [0.15, 0.2) is 0 Å². The molecule has 3 heterocycles. The summed E-state index contributed by atoms with van der Waals surface area (Å²) >= 11 is 0. The maximum atomic E-state index is 12.8. The molecule has 4 aliphatic rings. The molecule has 3 aliphatic heterocycles. The molecular weight excluding hydrogens is 466 g/mol. The predicted molar refractivity (Wildman–Crippen MR) is 146 cm³/mol. The average molecular weight is 512 g/mol. The van der Waals surface area contributed by atoms with Crippen LogP contribution >= 0.6 is 0 Å². The van der Waals surface area contributed by atoms with E-state index in [-0.39, 0.29) is 36.1 Å². The molecule has 9 atom stereocenters. The number of nitrogens with one attached hydrogen (secondary N) is 1. The molecule has 204 valence electrons. The van der Waals surface area contributed by atoms with Crippen molar-refractivity contribution in [2.75, 3.05) is 6.61 Å². The van der Waals surface area contributed by atoms with Gasteiger partial charge in [-0.05, 0) is 82.1 Å². The smallest absolute Gasteiger partial charge is 0.243 e. The van der Waals surface area contributed by atoms with Gasteiger partial charge in [-0.2, -0.15) is 0 Å². The Labute approximate surface area is 222 Å². The molecule has 0 unspecified atom stereocenters. The van der Waals surface area contributed by atoms with Gasteiger partial charge in [-0.1, -0.05) is 61.1 Å². The van der Waals surface area contributed by atoms with E-state index in [9.17, 15) is 15.0 Å². The Morgan fingerprint density at radius 3 is 2.81 bits per heavy atom. The van der Waals surface area contributed by atoms with Crippen LogP contribution in [0.3, 0.4) is 0 Å². The third kappa shape index (κ3) is 8.78. The molecule has 1 aliphatic carbocycles. The first-order valence-electron chi connectivity index (χ1n) is 14.0. The van der Waals surface area contributed by atoms with Crippen molar-refractivity contribution >= 4 is 5.91 Å².